The Bertz CT molecular complexity index is 403. The van der Waals surface area contributed by atoms with Crippen molar-refractivity contribution in [3.63, 3.8) is 0 Å². The van der Waals surface area contributed by atoms with Gasteiger partial charge >= 0.3 is 5.97 Å². The summed E-state index contributed by atoms with van der Waals surface area (Å²) in [5, 5.41) is 3.49. The minimum Gasteiger partial charge on any atom is -0.465 e. The van der Waals surface area contributed by atoms with Crippen LogP contribution in [0.2, 0.25) is 0 Å². The van der Waals surface area contributed by atoms with E-state index in [9.17, 15) is 4.79 Å². The molecule has 1 N–H and O–H groups in total. The van der Waals surface area contributed by atoms with Crippen molar-refractivity contribution in [2.45, 2.75) is 39.3 Å². The summed E-state index contributed by atoms with van der Waals surface area (Å²) in [5.41, 5.74) is 1.71. The second-order valence-electron chi connectivity index (χ2n) is 4.19. The number of hydrogen-bond acceptors (Lipinski definition) is 3. The van der Waals surface area contributed by atoms with Gasteiger partial charge in [0, 0.05) is 17.1 Å². The van der Waals surface area contributed by atoms with E-state index in [1.165, 1.54) is 7.11 Å². The minimum absolute atomic E-state index is 0.310. The fraction of sp³-hybridized carbons (Fsp3) is 0.500. The van der Waals surface area contributed by atoms with Gasteiger partial charge in [-0.2, -0.15) is 0 Å². The Hall–Kier alpha value is -0.870. The van der Waals surface area contributed by atoms with Gasteiger partial charge in [0.15, 0.2) is 0 Å². The van der Waals surface area contributed by atoms with Crippen molar-refractivity contribution in [2.24, 2.45) is 0 Å². The van der Waals surface area contributed by atoms with E-state index in [2.05, 4.69) is 39.8 Å². The van der Waals surface area contributed by atoms with Crippen molar-refractivity contribution in [3.8, 4) is 0 Å². The van der Waals surface area contributed by atoms with Gasteiger partial charge in [-0.3, -0.25) is 0 Å². The monoisotopic (exact) mass is 313 g/mol. The molecule has 0 aliphatic rings. The molecule has 100 valence electrons. The summed E-state index contributed by atoms with van der Waals surface area (Å²) in [5.74, 6) is -0.310. The van der Waals surface area contributed by atoms with Crippen molar-refractivity contribution < 1.29 is 9.53 Å². The molecule has 0 saturated heterocycles. The van der Waals surface area contributed by atoms with Crippen molar-refractivity contribution in [3.05, 3.63) is 33.8 Å². The molecule has 0 fully saturated rings. The predicted molar refractivity (Wildman–Crippen MR) is 76.7 cm³/mol. The van der Waals surface area contributed by atoms with Gasteiger partial charge in [0.2, 0.25) is 0 Å². The lowest BCUT2D eigenvalue weighted by molar-refractivity contribution is 0.0600. The molecule has 1 aromatic carbocycles. The standard InChI is InChI=1S/C14H20BrNO2/c1-4-12(5-2)16-9-11-7-6-10(8-13(11)15)14(17)18-3/h6-8,12,16H,4-5,9H2,1-3H3. The van der Waals surface area contributed by atoms with E-state index < -0.39 is 0 Å². The van der Waals surface area contributed by atoms with Crippen molar-refractivity contribution in [1.29, 1.82) is 0 Å². The highest BCUT2D eigenvalue weighted by molar-refractivity contribution is 9.10. The summed E-state index contributed by atoms with van der Waals surface area (Å²) in [6.45, 7) is 5.15. The third kappa shape index (κ3) is 4.10. The van der Waals surface area contributed by atoms with E-state index in [0.29, 0.717) is 11.6 Å². The van der Waals surface area contributed by atoms with E-state index in [0.717, 1.165) is 29.4 Å². The molecule has 0 amide bonds. The summed E-state index contributed by atoms with van der Waals surface area (Å²) < 4.78 is 5.62. The lowest BCUT2D eigenvalue weighted by atomic mass is 10.1. The minimum atomic E-state index is -0.310. The predicted octanol–water partition coefficient (Wildman–Crippen LogP) is 3.51. The molecule has 0 aliphatic carbocycles. The number of ether oxygens (including phenoxy) is 1. The largest absolute Gasteiger partial charge is 0.465 e. The quantitative estimate of drug-likeness (QED) is 0.817. The zero-order chi connectivity index (χ0) is 13.5. The Balaban J connectivity index is 2.71. The molecule has 0 radical (unpaired) electrons. The van der Waals surface area contributed by atoms with Crippen LogP contribution in [0.25, 0.3) is 0 Å². The third-order valence-electron chi connectivity index (χ3n) is 3.04. The number of nitrogens with one attached hydrogen (secondary N) is 1. The van der Waals surface area contributed by atoms with Crippen molar-refractivity contribution in [2.75, 3.05) is 7.11 Å². The van der Waals surface area contributed by atoms with Crippen molar-refractivity contribution in [1.82, 2.24) is 5.32 Å². The van der Waals surface area contributed by atoms with Crippen LogP contribution in [0.4, 0.5) is 0 Å². The number of hydrogen-bond donors (Lipinski definition) is 1. The molecular formula is C14H20BrNO2. The number of methoxy groups -OCH3 is 1. The Morgan fingerprint density at radius 1 is 1.39 bits per heavy atom. The molecule has 1 rings (SSSR count). The Morgan fingerprint density at radius 3 is 2.56 bits per heavy atom. The van der Waals surface area contributed by atoms with Crippen LogP contribution in [0.5, 0.6) is 0 Å². The Labute approximate surface area is 117 Å². The van der Waals surface area contributed by atoms with Gasteiger partial charge in [0.1, 0.15) is 0 Å². The summed E-state index contributed by atoms with van der Waals surface area (Å²) in [6.07, 6.45) is 2.24. The molecule has 0 aliphatic heterocycles. The molecule has 18 heavy (non-hydrogen) atoms. The smallest absolute Gasteiger partial charge is 0.337 e. The number of rotatable bonds is 6. The maximum atomic E-state index is 11.4. The fourth-order valence-electron chi connectivity index (χ4n) is 1.77. The number of benzene rings is 1. The number of carbonyl (C=O) groups excluding carboxylic acids is 1. The first kappa shape index (κ1) is 15.2. The molecule has 0 spiro atoms. The molecular weight excluding hydrogens is 294 g/mol. The number of halogens is 1. The van der Waals surface area contributed by atoms with Crippen LogP contribution in [0.1, 0.15) is 42.6 Å². The van der Waals surface area contributed by atoms with Crippen LogP contribution in [0.15, 0.2) is 22.7 Å². The van der Waals surface area contributed by atoms with E-state index in [1.807, 2.05) is 6.07 Å². The first-order valence-corrected chi connectivity index (χ1v) is 7.01. The van der Waals surface area contributed by atoms with Crippen LogP contribution in [0, 0.1) is 0 Å². The molecule has 0 aromatic heterocycles. The van der Waals surface area contributed by atoms with Crippen LogP contribution < -0.4 is 5.32 Å². The van der Waals surface area contributed by atoms with Gasteiger partial charge in [0.05, 0.1) is 12.7 Å². The summed E-state index contributed by atoms with van der Waals surface area (Å²) in [6, 6.07) is 6.08. The Kier molecular flexibility index (Phi) is 6.36. The second kappa shape index (κ2) is 7.54. The lowest BCUT2D eigenvalue weighted by Crippen LogP contribution is -2.27. The molecule has 1 aromatic rings. The average molecular weight is 314 g/mol. The highest BCUT2D eigenvalue weighted by atomic mass is 79.9. The molecule has 0 unspecified atom stereocenters. The van der Waals surface area contributed by atoms with Gasteiger partial charge in [-0.1, -0.05) is 35.8 Å². The number of carbonyl (C=O) groups is 1. The highest BCUT2D eigenvalue weighted by Gasteiger charge is 2.09. The normalized spacial score (nSPS) is 10.7. The van der Waals surface area contributed by atoms with E-state index >= 15 is 0 Å². The zero-order valence-electron chi connectivity index (χ0n) is 11.1. The topological polar surface area (TPSA) is 38.3 Å². The summed E-state index contributed by atoms with van der Waals surface area (Å²) in [4.78, 5) is 11.4. The van der Waals surface area contributed by atoms with Crippen LogP contribution >= 0.6 is 15.9 Å². The first-order valence-electron chi connectivity index (χ1n) is 6.22. The summed E-state index contributed by atoms with van der Waals surface area (Å²) in [7, 11) is 1.39. The van der Waals surface area contributed by atoms with Gasteiger partial charge in [-0.25, -0.2) is 4.79 Å². The molecule has 4 heteroatoms. The van der Waals surface area contributed by atoms with Crippen molar-refractivity contribution >= 4 is 21.9 Å². The Morgan fingerprint density at radius 2 is 2.06 bits per heavy atom. The second-order valence-corrected chi connectivity index (χ2v) is 5.05. The molecule has 0 atom stereocenters. The van der Waals surface area contributed by atoms with Gasteiger partial charge in [-0.15, -0.1) is 0 Å². The van der Waals surface area contributed by atoms with Crippen LogP contribution in [-0.4, -0.2) is 19.1 Å². The van der Waals surface area contributed by atoms with Crippen LogP contribution in [-0.2, 0) is 11.3 Å². The average Bonchev–Trinajstić information content (AvgIpc) is 2.40. The maximum absolute atomic E-state index is 11.4. The summed E-state index contributed by atoms with van der Waals surface area (Å²) >= 11 is 3.49. The zero-order valence-corrected chi connectivity index (χ0v) is 12.7. The SMILES string of the molecule is CCC(CC)NCc1ccc(C(=O)OC)cc1Br. The van der Waals surface area contributed by atoms with Gasteiger partial charge < -0.3 is 10.1 Å². The first-order chi connectivity index (χ1) is 8.62. The van der Waals surface area contributed by atoms with E-state index in [4.69, 9.17) is 0 Å². The maximum Gasteiger partial charge on any atom is 0.337 e. The molecule has 0 saturated carbocycles. The molecule has 0 bridgehead atoms. The van der Waals surface area contributed by atoms with Crippen LogP contribution in [0.3, 0.4) is 0 Å². The third-order valence-corrected chi connectivity index (χ3v) is 3.78. The van der Waals surface area contributed by atoms with Gasteiger partial charge in [-0.05, 0) is 30.5 Å². The van der Waals surface area contributed by atoms with Gasteiger partial charge in [0.25, 0.3) is 0 Å². The fourth-order valence-corrected chi connectivity index (χ4v) is 2.29. The molecule has 0 heterocycles. The molecule has 3 nitrogen and oxygen atoms in total. The number of esters is 1. The van der Waals surface area contributed by atoms with E-state index in [-0.39, 0.29) is 5.97 Å². The lowest BCUT2D eigenvalue weighted by Gasteiger charge is -2.15. The van der Waals surface area contributed by atoms with E-state index in [1.54, 1.807) is 12.1 Å². The highest BCUT2D eigenvalue weighted by Crippen LogP contribution is 2.19.